The summed E-state index contributed by atoms with van der Waals surface area (Å²) < 4.78 is 101. The Hall–Kier alpha value is -4.86. The van der Waals surface area contributed by atoms with Crippen LogP contribution in [-0.4, -0.2) is 507 Å². The normalized spacial score (nSPS) is 46.9. The van der Waals surface area contributed by atoms with E-state index in [-0.39, 0.29) is 0 Å². The van der Waals surface area contributed by atoms with Gasteiger partial charge in [0.2, 0.25) is 23.6 Å². The quantitative estimate of drug-likeness (QED) is 0.0290. The van der Waals surface area contributed by atoms with Crippen LogP contribution >= 0.6 is 0 Å². The molecule has 31 N–H and O–H groups in total. The number of hydrogen-bond acceptors (Lipinski definition) is 48. The zero-order valence-corrected chi connectivity index (χ0v) is 65.8. The minimum absolute atomic E-state index is 0.880. The Morgan fingerprint density at radius 2 is 0.680 bits per heavy atom. The molecule has 0 aromatic carbocycles. The molecule has 0 spiro atoms. The average molecular weight is 1790 g/mol. The van der Waals surface area contributed by atoms with Crippen molar-refractivity contribution in [1.29, 1.82) is 0 Å². The SMILES string of the molecule is CC(=O)N[C@H]1[C@H](OC[C@H]2O[C@H](O)[C@@H](O[C@@H]3O[C@H](CO)[C@@H](O[C@@H]4O[C@H](CO)[C@H](O)[C@H](O[C@]5(C(=O)O)C[C@H](O)[C@@H](NC(C)=O)[C@H]([C@H](O)[C@H](O)CO)O5)[C@H]4O)[C@H](O[C@@H]4O[C@@H](C)[C@@H](O)[C@@H](O)[C@@H]4O)[C@H]3NC(C)=O)[C@@H](O)[C@@H]2O)O[C@H](CO)[C@@H](O[C@@H]2O[C@H](CO)[C@H](O)[C@H](O[C@]3(C(=O)O)C[C@H](O)[C@@H](NC(C)=O)[C@H]([C@H](O)[C@H](O)CO)O3)[C@H]2O)[C@@H]1O[C@@H]1O[C@@H](C)[C@@H](O)[C@@H](O)[C@@H]1O. The lowest BCUT2D eigenvalue weighted by atomic mass is 9.88. The number of ether oxygens (including phenoxy) is 17. The van der Waals surface area contributed by atoms with E-state index in [1.54, 1.807) is 0 Å². The fourth-order valence-electron chi connectivity index (χ4n) is 15.8. The van der Waals surface area contributed by atoms with Crippen molar-refractivity contribution in [3.05, 3.63) is 0 Å². The lowest BCUT2D eigenvalue weighted by Crippen LogP contribution is -2.72. The first-order valence-electron chi connectivity index (χ1n) is 38.6. The number of aliphatic carboxylic acids is 2. The summed E-state index contributed by atoms with van der Waals surface area (Å²) in [7, 11) is 0. The fourth-order valence-corrected chi connectivity index (χ4v) is 15.8. The molecule has 54 heteroatoms. The van der Waals surface area contributed by atoms with Gasteiger partial charge in [-0.15, -0.1) is 0 Å². The lowest BCUT2D eigenvalue weighted by Gasteiger charge is -2.52. The average Bonchev–Trinajstić information content (AvgIpc) is 0.752. The Labute approximate surface area is 690 Å². The summed E-state index contributed by atoms with van der Waals surface area (Å²) in [6.45, 7) is -2.51. The van der Waals surface area contributed by atoms with Crippen molar-refractivity contribution in [2.24, 2.45) is 0 Å². The maximum Gasteiger partial charge on any atom is 0.364 e. The summed E-state index contributed by atoms with van der Waals surface area (Å²) >= 11 is 0. The molecule has 0 aromatic heterocycles. The molecular formula is C68H112N4O50. The van der Waals surface area contributed by atoms with Gasteiger partial charge in [-0.25, -0.2) is 9.59 Å². The summed E-state index contributed by atoms with van der Waals surface area (Å²) in [6, 6.07) is -7.59. The molecule has 0 unspecified atom stereocenters. The Kier molecular flexibility index (Phi) is 35.2. The minimum atomic E-state index is -3.34. The molecule has 122 heavy (non-hydrogen) atoms. The van der Waals surface area contributed by atoms with Gasteiger partial charge < -0.3 is 240 Å². The summed E-state index contributed by atoms with van der Waals surface area (Å²) in [5, 5.41) is 309. The molecule has 54 nitrogen and oxygen atoms in total. The summed E-state index contributed by atoms with van der Waals surface area (Å²) in [4.78, 5) is 78.1. The Balaban J connectivity index is 0.993. The molecule has 9 heterocycles. The van der Waals surface area contributed by atoms with Gasteiger partial charge in [-0.1, -0.05) is 0 Å². The summed E-state index contributed by atoms with van der Waals surface area (Å²) in [6.07, 6.45) is -91.9. The molecule has 704 valence electrons. The van der Waals surface area contributed by atoms with Crippen LogP contribution in [0.5, 0.6) is 0 Å². The number of aliphatic hydroxyl groups is 25. The third kappa shape index (κ3) is 21.8. The highest BCUT2D eigenvalue weighted by atomic mass is 16.8. The van der Waals surface area contributed by atoms with Gasteiger partial charge in [-0.3, -0.25) is 19.2 Å². The molecular weight excluding hydrogens is 1670 g/mol. The van der Waals surface area contributed by atoms with Crippen LogP contribution in [0.3, 0.4) is 0 Å². The number of amides is 4. The smallest absolute Gasteiger partial charge is 0.364 e. The van der Waals surface area contributed by atoms with Crippen LogP contribution in [0, 0.1) is 0 Å². The van der Waals surface area contributed by atoms with Crippen LogP contribution < -0.4 is 21.3 Å². The predicted octanol–water partition coefficient (Wildman–Crippen LogP) is -19.6. The zero-order valence-electron chi connectivity index (χ0n) is 65.8. The summed E-state index contributed by atoms with van der Waals surface area (Å²) in [5.41, 5.74) is 0. The third-order valence-electron chi connectivity index (χ3n) is 22.2. The monoisotopic (exact) mass is 1780 g/mol. The van der Waals surface area contributed by atoms with Crippen molar-refractivity contribution in [1.82, 2.24) is 21.3 Å². The maximum absolute atomic E-state index is 13.4. The highest BCUT2D eigenvalue weighted by molar-refractivity contribution is 5.78. The number of carbonyl (C=O) groups is 6. The van der Waals surface area contributed by atoms with E-state index in [2.05, 4.69) is 21.3 Å². The van der Waals surface area contributed by atoms with E-state index in [1.165, 1.54) is 13.8 Å². The number of hydrogen-bond donors (Lipinski definition) is 31. The number of carbonyl (C=O) groups excluding carboxylic acids is 4. The van der Waals surface area contributed by atoms with E-state index in [1.807, 2.05) is 0 Å². The van der Waals surface area contributed by atoms with Crippen molar-refractivity contribution in [2.75, 3.05) is 46.2 Å². The van der Waals surface area contributed by atoms with Gasteiger partial charge in [0.05, 0.1) is 82.7 Å². The summed E-state index contributed by atoms with van der Waals surface area (Å²) in [5.74, 6) is -14.8. The molecule has 0 saturated carbocycles. The predicted molar refractivity (Wildman–Crippen MR) is 375 cm³/mol. The van der Waals surface area contributed by atoms with Crippen LogP contribution in [0.1, 0.15) is 54.4 Å². The van der Waals surface area contributed by atoms with E-state index in [0.29, 0.717) is 0 Å². The number of aliphatic hydroxyl groups excluding tert-OH is 25. The van der Waals surface area contributed by atoms with E-state index in [4.69, 9.17) is 80.5 Å². The molecule has 0 radical (unpaired) electrons. The van der Waals surface area contributed by atoms with E-state index in [0.717, 1.165) is 27.7 Å². The van der Waals surface area contributed by atoms with Crippen molar-refractivity contribution >= 4 is 35.6 Å². The number of carboxylic acid groups (broad SMARTS) is 2. The molecule has 47 atom stereocenters. The van der Waals surface area contributed by atoms with Crippen molar-refractivity contribution in [2.45, 2.75) is 342 Å². The highest BCUT2D eigenvalue weighted by Crippen LogP contribution is 2.44. The topological polar surface area (TPSA) is 854 Å². The van der Waals surface area contributed by atoms with Gasteiger partial charge in [-0.05, 0) is 13.8 Å². The molecule has 9 aliphatic rings. The Morgan fingerprint density at radius 3 is 1.03 bits per heavy atom. The second kappa shape index (κ2) is 42.6. The Morgan fingerprint density at radius 1 is 0.352 bits per heavy atom. The van der Waals surface area contributed by atoms with Crippen LogP contribution in [0.25, 0.3) is 0 Å². The second-order valence-electron chi connectivity index (χ2n) is 31.0. The number of rotatable bonds is 33. The fraction of sp³-hybridized carbons (Fsp3) is 0.912. The molecule has 0 bridgehead atoms. The molecule has 9 fully saturated rings. The zero-order chi connectivity index (χ0) is 90.7. The van der Waals surface area contributed by atoms with E-state index >= 15 is 0 Å². The first-order valence-corrected chi connectivity index (χ1v) is 38.6. The standard InChI is InChI=1S/C68H112N4O50/c1-16-35(87)42(94)45(97)61(107-16)116-53-33(71-20(5)81)59(112-28(13-77)49(53)114-63-47(99)55(40(92)26(11-75)110-63)121-67(65(102)103)7-22(83)31(69-18(3)79)51(119-67)37(89)24(85)9-73)106-15-30-39(91)44(96)57(58(101)109-30)118-60-34(72-21(6)82)54(117-62-46(98)43(95)36(88)17(2)108-62)50(29(14-78)113-60)115-64-48(100)56(41(93)27(12-76)111-64)122-68(66(104)105)8-23(84)32(70-19(4)80)52(120-68)38(90)25(86)10-74/h16-17,22-64,73-78,83-101H,7-15H2,1-6H3,(H,69,79)(H,70,80)(H,71,81)(H,72,82)(H,102,103)(H,104,105)/t16-,17-,22-,23-,24+,25+,26+,27+,28+,29+,30+,31+,32+,33+,34+,35+,36+,37+,38+,39+,40-,41-,42+,43+,44-,45-,46-,47+,48+,49+,50+,51+,52+,53+,54+,55-,56-,57-,58-,59+,60-,61-,62-,63-,64-,67-,68-/m0/s1. The van der Waals surface area contributed by atoms with Crippen molar-refractivity contribution in [3.63, 3.8) is 0 Å². The first-order chi connectivity index (χ1) is 57.3. The van der Waals surface area contributed by atoms with Gasteiger partial charge in [-0.2, -0.15) is 0 Å². The number of nitrogens with one attached hydrogen (secondary N) is 4. The van der Waals surface area contributed by atoms with E-state index in [9.17, 15) is 167 Å². The van der Waals surface area contributed by atoms with Gasteiger partial charge >= 0.3 is 11.9 Å². The van der Waals surface area contributed by atoms with Crippen LogP contribution in [0.2, 0.25) is 0 Å². The molecule has 9 saturated heterocycles. The van der Waals surface area contributed by atoms with Gasteiger partial charge in [0.1, 0.15) is 195 Å². The number of carboxylic acids is 2. The third-order valence-corrected chi connectivity index (χ3v) is 22.2. The molecule has 4 amide bonds. The van der Waals surface area contributed by atoms with Crippen molar-refractivity contribution in [3.8, 4) is 0 Å². The maximum atomic E-state index is 13.4. The van der Waals surface area contributed by atoms with Crippen molar-refractivity contribution < 1.29 is 247 Å². The van der Waals surface area contributed by atoms with Crippen LogP contribution in [0.15, 0.2) is 0 Å². The molecule has 0 aromatic rings. The second-order valence-corrected chi connectivity index (χ2v) is 31.0. The van der Waals surface area contributed by atoms with E-state index < -0.39 is 382 Å². The molecule has 0 aliphatic carbocycles. The van der Waals surface area contributed by atoms with Crippen LogP contribution in [-0.2, 0) is 109 Å². The molecule has 9 aliphatic heterocycles. The largest absolute Gasteiger partial charge is 0.477 e. The van der Waals surface area contributed by atoms with Gasteiger partial charge in [0, 0.05) is 40.5 Å². The first kappa shape index (κ1) is 101. The highest BCUT2D eigenvalue weighted by Gasteiger charge is 2.65. The lowest BCUT2D eigenvalue weighted by molar-refractivity contribution is -0.399. The van der Waals surface area contributed by atoms with Gasteiger partial charge in [0.25, 0.3) is 11.6 Å². The molecule has 9 rings (SSSR count). The van der Waals surface area contributed by atoms with Gasteiger partial charge in [0.15, 0.2) is 44.0 Å². The van der Waals surface area contributed by atoms with Crippen LogP contribution in [0.4, 0.5) is 0 Å². The Bertz CT molecular complexity index is 3410. The minimum Gasteiger partial charge on any atom is -0.477 e.